The van der Waals surface area contributed by atoms with Gasteiger partial charge in [-0.15, -0.1) is 0 Å². The number of esters is 1. The molecule has 3 atom stereocenters. The molecule has 3 unspecified atom stereocenters. The maximum Gasteiger partial charge on any atom is 0.341 e. The predicted octanol–water partition coefficient (Wildman–Crippen LogP) is 11.3. The molecule has 0 fully saturated rings. The van der Waals surface area contributed by atoms with E-state index in [0.29, 0.717) is 11.1 Å². The highest BCUT2D eigenvalue weighted by atomic mass is 16.6. The molecule has 41 heavy (non-hydrogen) atoms. The number of unbranched alkanes of at least 4 members (excludes halogenated alkanes) is 8. The summed E-state index contributed by atoms with van der Waals surface area (Å²) < 4.78 is 4.55. The van der Waals surface area contributed by atoms with E-state index in [1.807, 2.05) is 6.92 Å². The van der Waals surface area contributed by atoms with Crippen LogP contribution in [-0.2, 0) is 4.74 Å². The van der Waals surface area contributed by atoms with Crippen LogP contribution in [0.4, 0.5) is 0 Å². The Hall–Kier alpha value is -2.99. The van der Waals surface area contributed by atoms with E-state index in [9.17, 15) is 4.79 Å². The minimum absolute atomic E-state index is 0.178. The lowest BCUT2D eigenvalue weighted by Crippen LogP contribution is -2.00. The summed E-state index contributed by atoms with van der Waals surface area (Å²) in [7, 11) is 0. The van der Waals surface area contributed by atoms with E-state index in [-0.39, 0.29) is 12.1 Å². The summed E-state index contributed by atoms with van der Waals surface area (Å²) in [5.74, 6) is -0.451. The van der Waals surface area contributed by atoms with Crippen LogP contribution >= 0.6 is 0 Å². The third-order valence-corrected chi connectivity index (χ3v) is 6.43. The molecule has 0 aliphatic carbocycles. The molecule has 0 radical (unpaired) electrons. The first kappa shape index (κ1) is 40.2. The third-order valence-electron chi connectivity index (χ3n) is 6.43. The Labute approximate surface area is 249 Å². The first-order valence-corrected chi connectivity index (χ1v) is 15.5. The number of hydrogen-bond acceptors (Lipinski definition) is 5. The van der Waals surface area contributed by atoms with Crippen LogP contribution in [0.15, 0.2) is 46.6 Å². The molecule has 2 rings (SSSR count). The summed E-state index contributed by atoms with van der Waals surface area (Å²) in [6.07, 6.45) is 20.3. The van der Waals surface area contributed by atoms with Crippen molar-refractivity contribution in [3.8, 4) is 0 Å². The van der Waals surface area contributed by atoms with Crippen molar-refractivity contribution in [2.45, 2.75) is 150 Å². The van der Waals surface area contributed by atoms with Gasteiger partial charge in [-0.3, -0.25) is 0 Å². The fourth-order valence-corrected chi connectivity index (χ4v) is 3.86. The van der Waals surface area contributed by atoms with Crippen LogP contribution in [-0.4, -0.2) is 23.2 Å². The SMILES string of the molecule is C/C=C/CCCCC.CCCCCC(CC)N=[N+]=[N-].CCCCCCC(C)N=[N+]=[N-].O=C1OC(O)c2ccccc21. The first-order chi connectivity index (χ1) is 19.9. The van der Waals surface area contributed by atoms with Gasteiger partial charge in [-0.2, -0.15) is 0 Å². The highest BCUT2D eigenvalue weighted by Crippen LogP contribution is 2.27. The van der Waals surface area contributed by atoms with Crippen LogP contribution in [0.3, 0.4) is 0 Å². The van der Waals surface area contributed by atoms with Crippen LogP contribution in [0.5, 0.6) is 0 Å². The van der Waals surface area contributed by atoms with Gasteiger partial charge in [-0.1, -0.05) is 133 Å². The summed E-state index contributed by atoms with van der Waals surface area (Å²) in [5, 5.41) is 16.4. The van der Waals surface area contributed by atoms with Gasteiger partial charge in [0, 0.05) is 27.5 Å². The largest absolute Gasteiger partial charge is 0.428 e. The zero-order valence-corrected chi connectivity index (χ0v) is 26.5. The van der Waals surface area contributed by atoms with E-state index in [1.165, 1.54) is 70.6 Å². The number of nitrogens with zero attached hydrogens (tertiary/aromatic N) is 6. The second kappa shape index (κ2) is 30.0. The van der Waals surface area contributed by atoms with E-state index in [1.54, 1.807) is 24.3 Å². The van der Waals surface area contributed by atoms with Gasteiger partial charge in [0.2, 0.25) is 6.29 Å². The Balaban J connectivity index is 0. The molecule has 1 aromatic rings. The molecule has 9 heteroatoms. The number of azide groups is 2. The molecule has 1 aliphatic rings. The average Bonchev–Trinajstić information content (AvgIpc) is 3.27. The van der Waals surface area contributed by atoms with E-state index >= 15 is 0 Å². The minimum atomic E-state index is -1.07. The monoisotopic (exact) mass is 572 g/mol. The lowest BCUT2D eigenvalue weighted by Gasteiger charge is -2.05. The molecule has 0 spiro atoms. The standard InChI is InChI=1S/2C8H17N3.C8H6O3.C8H16/c1-3-4-5-6-7-8(2)10-11-9;1-3-5-6-7-8(4-2)10-11-9;9-7-5-3-1-2-4-6(5)8(10)11-7;1-3-5-7-8-6-4-2/h2*8H,3-7H2,1-2H3;1-4,7,9H;3,5H,4,6-8H2,1-2H3/b;;;5-3+. The van der Waals surface area contributed by atoms with E-state index < -0.39 is 12.3 Å². The van der Waals surface area contributed by atoms with Crippen molar-refractivity contribution in [1.29, 1.82) is 0 Å². The zero-order chi connectivity index (χ0) is 31.1. The van der Waals surface area contributed by atoms with Crippen LogP contribution in [0.25, 0.3) is 20.9 Å². The maximum absolute atomic E-state index is 10.9. The van der Waals surface area contributed by atoms with Crippen LogP contribution in [0.2, 0.25) is 0 Å². The molecule has 1 aliphatic heterocycles. The van der Waals surface area contributed by atoms with E-state index in [0.717, 1.165) is 19.3 Å². The summed E-state index contributed by atoms with van der Waals surface area (Å²) in [6.45, 7) is 12.7. The summed E-state index contributed by atoms with van der Waals surface area (Å²) >= 11 is 0. The second-order valence-electron chi connectivity index (χ2n) is 10.1. The Morgan fingerprint density at radius 2 is 1.49 bits per heavy atom. The highest BCUT2D eigenvalue weighted by Gasteiger charge is 2.28. The van der Waals surface area contributed by atoms with Gasteiger partial charge in [0.15, 0.2) is 0 Å². The molecule has 0 saturated heterocycles. The molecular formula is C32H56N6O3. The van der Waals surface area contributed by atoms with Gasteiger partial charge in [0.05, 0.1) is 5.56 Å². The fourth-order valence-electron chi connectivity index (χ4n) is 3.86. The number of carbonyl (C=O) groups is 1. The van der Waals surface area contributed by atoms with Crippen molar-refractivity contribution in [3.63, 3.8) is 0 Å². The molecule has 232 valence electrons. The average molecular weight is 573 g/mol. The zero-order valence-electron chi connectivity index (χ0n) is 26.5. The van der Waals surface area contributed by atoms with Gasteiger partial charge >= 0.3 is 5.97 Å². The van der Waals surface area contributed by atoms with Crippen LogP contribution in [0.1, 0.15) is 154 Å². The predicted molar refractivity (Wildman–Crippen MR) is 171 cm³/mol. The fraction of sp³-hybridized carbons (Fsp3) is 0.719. The summed E-state index contributed by atoms with van der Waals surface area (Å²) in [6, 6.07) is 7.20. The minimum Gasteiger partial charge on any atom is -0.428 e. The second-order valence-corrected chi connectivity index (χ2v) is 10.1. The van der Waals surface area contributed by atoms with Crippen molar-refractivity contribution in [2.75, 3.05) is 0 Å². The number of aliphatic hydroxyl groups is 1. The lowest BCUT2D eigenvalue weighted by molar-refractivity contribution is -0.0547. The van der Waals surface area contributed by atoms with Crippen molar-refractivity contribution >= 4 is 5.97 Å². The van der Waals surface area contributed by atoms with Crippen molar-refractivity contribution in [2.24, 2.45) is 10.2 Å². The smallest absolute Gasteiger partial charge is 0.341 e. The molecule has 0 amide bonds. The third kappa shape index (κ3) is 23.4. The Kier molecular flexibility index (Phi) is 29.4. The number of carbonyl (C=O) groups excluding carboxylic acids is 1. The molecule has 1 N–H and O–H groups in total. The number of fused-ring (bicyclic) bond motifs is 1. The molecule has 0 saturated carbocycles. The highest BCUT2D eigenvalue weighted by molar-refractivity contribution is 5.93. The van der Waals surface area contributed by atoms with Crippen LogP contribution in [0, 0.1) is 0 Å². The molecule has 0 aromatic heterocycles. The molecule has 1 aromatic carbocycles. The number of allylic oxidation sites excluding steroid dienone is 2. The summed E-state index contributed by atoms with van der Waals surface area (Å²) in [5.41, 5.74) is 17.3. The van der Waals surface area contributed by atoms with Crippen molar-refractivity contribution < 1.29 is 14.6 Å². The van der Waals surface area contributed by atoms with Crippen molar-refractivity contribution in [1.82, 2.24) is 0 Å². The Bertz CT molecular complexity index is 895. The lowest BCUT2D eigenvalue weighted by atomic mass is 10.1. The van der Waals surface area contributed by atoms with E-state index in [4.69, 9.17) is 16.2 Å². The number of aliphatic hydroxyl groups excluding tert-OH is 1. The maximum atomic E-state index is 10.9. The van der Waals surface area contributed by atoms with Gasteiger partial charge in [0.1, 0.15) is 0 Å². The quantitative estimate of drug-likeness (QED) is 0.0525. The van der Waals surface area contributed by atoms with Crippen molar-refractivity contribution in [3.05, 3.63) is 68.4 Å². The Morgan fingerprint density at radius 1 is 0.902 bits per heavy atom. The first-order valence-electron chi connectivity index (χ1n) is 15.5. The molecular weight excluding hydrogens is 516 g/mol. The van der Waals surface area contributed by atoms with Gasteiger partial charge in [-0.25, -0.2) is 4.79 Å². The van der Waals surface area contributed by atoms with Gasteiger partial charge < -0.3 is 9.84 Å². The molecule has 0 bridgehead atoms. The number of ether oxygens (including phenoxy) is 1. The van der Waals surface area contributed by atoms with E-state index in [2.05, 4.69) is 71.6 Å². The normalized spacial score (nSPS) is 14.3. The number of hydrogen-bond donors (Lipinski definition) is 1. The summed E-state index contributed by atoms with van der Waals surface area (Å²) in [4.78, 5) is 16.5. The topological polar surface area (TPSA) is 144 Å². The Morgan fingerprint density at radius 3 is 2.05 bits per heavy atom. The molecule has 1 heterocycles. The van der Waals surface area contributed by atoms with Gasteiger partial charge in [-0.05, 0) is 56.2 Å². The molecule has 9 nitrogen and oxygen atoms in total. The van der Waals surface area contributed by atoms with Crippen LogP contribution < -0.4 is 0 Å². The van der Waals surface area contributed by atoms with Gasteiger partial charge in [0.25, 0.3) is 0 Å². The number of benzene rings is 1. The number of cyclic esters (lactones) is 1. The number of rotatable bonds is 16.